The molecule has 0 aliphatic heterocycles. The molecule has 0 bridgehead atoms. The molecular formula is C11H9ClFNO3. The summed E-state index contributed by atoms with van der Waals surface area (Å²) in [4.78, 5) is 14.0. The topological polar surface area (TPSA) is 58.9 Å². The Morgan fingerprint density at radius 3 is 2.76 bits per heavy atom. The molecule has 0 unspecified atom stereocenters. The van der Waals surface area contributed by atoms with E-state index in [4.69, 9.17) is 16.3 Å². The molecular weight excluding hydrogens is 249 g/mol. The molecule has 1 aromatic carbocycles. The molecule has 1 aliphatic rings. The molecule has 17 heavy (non-hydrogen) atoms. The molecule has 0 saturated heterocycles. The first-order chi connectivity index (χ1) is 8.05. The molecule has 1 fully saturated rings. The third-order valence-corrected chi connectivity index (χ3v) is 3.13. The highest BCUT2D eigenvalue weighted by Gasteiger charge is 2.48. The average Bonchev–Trinajstić information content (AvgIpc) is 3.07. The SMILES string of the molecule is COc1c(C2(N=C=O)CC2)cc(Cl)c(O)c1F. The molecule has 6 heteroatoms. The maximum absolute atomic E-state index is 13.7. The standard InChI is InChI=1S/C11H9ClFNO3/c1-17-10-6(11(2-3-11)14-5-15)4-7(12)9(16)8(10)13/h4,16H,2-3H2,1H3. The minimum absolute atomic E-state index is 0.134. The van der Waals surface area contributed by atoms with Crippen molar-refractivity contribution in [2.24, 2.45) is 4.99 Å². The predicted molar refractivity (Wildman–Crippen MR) is 58.7 cm³/mol. The van der Waals surface area contributed by atoms with Crippen molar-refractivity contribution in [2.45, 2.75) is 18.4 Å². The molecule has 0 heterocycles. The highest BCUT2D eigenvalue weighted by molar-refractivity contribution is 6.32. The summed E-state index contributed by atoms with van der Waals surface area (Å²) in [5.41, 5.74) is -0.436. The molecule has 0 aromatic heterocycles. The number of hydrogen-bond donors (Lipinski definition) is 1. The van der Waals surface area contributed by atoms with Crippen molar-refractivity contribution in [2.75, 3.05) is 7.11 Å². The van der Waals surface area contributed by atoms with Crippen LogP contribution in [0.5, 0.6) is 11.5 Å². The number of nitrogens with zero attached hydrogens (tertiary/aromatic N) is 1. The van der Waals surface area contributed by atoms with Gasteiger partial charge in [0.1, 0.15) is 5.54 Å². The zero-order valence-electron chi connectivity index (χ0n) is 8.96. The molecule has 1 N–H and O–H groups in total. The molecule has 1 aliphatic carbocycles. The van der Waals surface area contributed by atoms with Gasteiger partial charge in [0.25, 0.3) is 0 Å². The van der Waals surface area contributed by atoms with Gasteiger partial charge in [0.2, 0.25) is 11.9 Å². The van der Waals surface area contributed by atoms with E-state index in [9.17, 15) is 14.3 Å². The van der Waals surface area contributed by atoms with E-state index < -0.39 is 17.1 Å². The largest absolute Gasteiger partial charge is 0.504 e. The van der Waals surface area contributed by atoms with E-state index in [1.807, 2.05) is 0 Å². The fraction of sp³-hybridized carbons (Fsp3) is 0.364. The Morgan fingerprint density at radius 2 is 2.29 bits per heavy atom. The summed E-state index contributed by atoms with van der Waals surface area (Å²) in [5.74, 6) is -1.75. The van der Waals surface area contributed by atoms with Crippen molar-refractivity contribution in [1.29, 1.82) is 0 Å². The number of aliphatic imine (C=N–C) groups is 1. The predicted octanol–water partition coefficient (Wildman–Crippen LogP) is 2.52. The van der Waals surface area contributed by atoms with Crippen molar-refractivity contribution in [3.05, 3.63) is 22.5 Å². The van der Waals surface area contributed by atoms with Crippen LogP contribution in [-0.2, 0) is 10.3 Å². The fourth-order valence-electron chi connectivity index (χ4n) is 1.78. The van der Waals surface area contributed by atoms with Gasteiger partial charge in [0.15, 0.2) is 11.5 Å². The number of methoxy groups -OCH3 is 1. The van der Waals surface area contributed by atoms with Crippen molar-refractivity contribution in [1.82, 2.24) is 0 Å². The van der Waals surface area contributed by atoms with Crippen molar-refractivity contribution >= 4 is 17.7 Å². The molecule has 2 rings (SSSR count). The summed E-state index contributed by atoms with van der Waals surface area (Å²) < 4.78 is 18.6. The van der Waals surface area contributed by atoms with E-state index in [1.165, 1.54) is 19.3 Å². The van der Waals surface area contributed by atoms with Gasteiger partial charge in [0, 0.05) is 5.56 Å². The number of halogens is 2. The lowest BCUT2D eigenvalue weighted by molar-refractivity contribution is 0.356. The van der Waals surface area contributed by atoms with Crippen molar-refractivity contribution in [3.63, 3.8) is 0 Å². The monoisotopic (exact) mass is 257 g/mol. The second-order valence-electron chi connectivity index (χ2n) is 3.84. The van der Waals surface area contributed by atoms with Crippen LogP contribution in [0.3, 0.4) is 0 Å². The maximum Gasteiger partial charge on any atom is 0.235 e. The van der Waals surface area contributed by atoms with E-state index in [1.54, 1.807) is 0 Å². The first-order valence-corrected chi connectivity index (χ1v) is 5.28. The fourth-order valence-corrected chi connectivity index (χ4v) is 1.98. The number of aromatic hydroxyl groups is 1. The number of benzene rings is 1. The highest BCUT2D eigenvalue weighted by atomic mass is 35.5. The minimum Gasteiger partial charge on any atom is -0.504 e. The van der Waals surface area contributed by atoms with Crippen LogP contribution in [0.4, 0.5) is 4.39 Å². The van der Waals surface area contributed by atoms with Crippen LogP contribution in [0.2, 0.25) is 5.02 Å². The van der Waals surface area contributed by atoms with Gasteiger partial charge in [-0.2, -0.15) is 9.38 Å². The zero-order valence-corrected chi connectivity index (χ0v) is 9.71. The molecule has 90 valence electrons. The summed E-state index contributed by atoms with van der Waals surface area (Å²) >= 11 is 5.70. The van der Waals surface area contributed by atoms with Crippen LogP contribution >= 0.6 is 11.6 Å². The highest BCUT2D eigenvalue weighted by Crippen LogP contribution is 2.54. The Labute approximate surface area is 102 Å². The molecule has 1 aromatic rings. The second kappa shape index (κ2) is 4.02. The molecule has 1 saturated carbocycles. The molecule has 0 atom stereocenters. The van der Waals surface area contributed by atoms with Crippen LogP contribution in [-0.4, -0.2) is 18.3 Å². The lowest BCUT2D eigenvalue weighted by Crippen LogP contribution is -2.07. The number of phenolic OH excluding ortho intramolecular Hbond substituents is 1. The van der Waals surface area contributed by atoms with Crippen molar-refractivity contribution < 1.29 is 19.0 Å². The van der Waals surface area contributed by atoms with Gasteiger partial charge < -0.3 is 9.84 Å². The van der Waals surface area contributed by atoms with Crippen LogP contribution in [0.1, 0.15) is 18.4 Å². The molecule has 4 nitrogen and oxygen atoms in total. The third kappa shape index (κ3) is 1.77. The Bertz CT molecular complexity index is 522. The first kappa shape index (κ1) is 11.9. The Kier molecular flexibility index (Phi) is 2.81. The molecule has 0 amide bonds. The van der Waals surface area contributed by atoms with Crippen LogP contribution in [0, 0.1) is 5.82 Å². The van der Waals surface area contributed by atoms with Gasteiger partial charge in [-0.05, 0) is 18.9 Å². The van der Waals surface area contributed by atoms with E-state index in [2.05, 4.69) is 4.99 Å². The number of ether oxygens (including phenoxy) is 1. The van der Waals surface area contributed by atoms with Crippen molar-refractivity contribution in [3.8, 4) is 11.5 Å². The lowest BCUT2D eigenvalue weighted by Gasteiger charge is -2.15. The number of hydrogen-bond acceptors (Lipinski definition) is 4. The summed E-state index contributed by atoms with van der Waals surface area (Å²) in [6, 6.07) is 1.37. The van der Waals surface area contributed by atoms with Crippen LogP contribution in [0.15, 0.2) is 11.1 Å². The number of isocyanates is 1. The summed E-state index contributed by atoms with van der Waals surface area (Å²) in [6.07, 6.45) is 2.66. The van der Waals surface area contributed by atoms with Crippen LogP contribution in [0.25, 0.3) is 0 Å². The molecule has 0 spiro atoms. The Hall–Kier alpha value is -1.58. The summed E-state index contributed by atoms with van der Waals surface area (Å²) in [5, 5.41) is 9.23. The van der Waals surface area contributed by atoms with E-state index >= 15 is 0 Å². The van der Waals surface area contributed by atoms with E-state index in [0.29, 0.717) is 18.4 Å². The average molecular weight is 258 g/mol. The first-order valence-electron chi connectivity index (χ1n) is 4.90. The van der Waals surface area contributed by atoms with E-state index in [-0.39, 0.29) is 10.8 Å². The maximum atomic E-state index is 13.7. The second-order valence-corrected chi connectivity index (χ2v) is 4.24. The van der Waals surface area contributed by atoms with Gasteiger partial charge in [-0.1, -0.05) is 11.6 Å². The lowest BCUT2D eigenvalue weighted by atomic mass is 10.0. The molecule has 0 radical (unpaired) electrons. The van der Waals surface area contributed by atoms with Crippen LogP contribution < -0.4 is 4.74 Å². The van der Waals surface area contributed by atoms with Gasteiger partial charge in [-0.15, -0.1) is 0 Å². The third-order valence-electron chi connectivity index (χ3n) is 2.84. The number of carbonyl (C=O) groups excluding carboxylic acids is 1. The van der Waals surface area contributed by atoms with Gasteiger partial charge in [0.05, 0.1) is 12.1 Å². The quantitative estimate of drug-likeness (QED) is 0.669. The summed E-state index contributed by atoms with van der Waals surface area (Å²) in [7, 11) is 1.27. The van der Waals surface area contributed by atoms with Gasteiger partial charge in [-0.25, -0.2) is 4.79 Å². The minimum atomic E-state index is -0.942. The summed E-state index contributed by atoms with van der Waals surface area (Å²) in [6.45, 7) is 0. The number of rotatable bonds is 3. The Morgan fingerprint density at radius 1 is 1.65 bits per heavy atom. The normalized spacial score (nSPS) is 16.2. The van der Waals surface area contributed by atoms with Gasteiger partial charge in [-0.3, -0.25) is 0 Å². The smallest absolute Gasteiger partial charge is 0.235 e. The Balaban J connectivity index is 2.66. The zero-order chi connectivity index (χ0) is 12.6. The van der Waals surface area contributed by atoms with Gasteiger partial charge >= 0.3 is 0 Å². The van der Waals surface area contributed by atoms with E-state index in [0.717, 1.165) is 0 Å². The number of phenols is 1.